The highest BCUT2D eigenvalue weighted by molar-refractivity contribution is 5.26. The summed E-state index contributed by atoms with van der Waals surface area (Å²) in [7, 11) is 0. The predicted molar refractivity (Wildman–Crippen MR) is 99.2 cm³/mol. The molecule has 2 fully saturated rings. The van der Waals surface area contributed by atoms with Crippen molar-refractivity contribution >= 4 is 0 Å². The second kappa shape index (κ2) is 7.19. The maximum atomic E-state index is 10.6. The van der Waals surface area contributed by atoms with Gasteiger partial charge in [-0.15, -0.1) is 0 Å². The summed E-state index contributed by atoms with van der Waals surface area (Å²) in [5, 5.41) is 20.0. The van der Waals surface area contributed by atoms with Crippen LogP contribution >= 0.6 is 0 Å². The van der Waals surface area contributed by atoms with Gasteiger partial charge in [-0.05, 0) is 60.3 Å². The van der Waals surface area contributed by atoms with Crippen molar-refractivity contribution < 1.29 is 10.2 Å². The quantitative estimate of drug-likeness (QED) is 0.878. The summed E-state index contributed by atoms with van der Waals surface area (Å²) in [4.78, 5) is 2.25. The molecule has 1 aliphatic heterocycles. The van der Waals surface area contributed by atoms with Crippen molar-refractivity contribution in [1.29, 1.82) is 0 Å². The maximum absolute atomic E-state index is 10.6. The number of aliphatic hydroxyl groups excluding tert-OH is 1. The van der Waals surface area contributed by atoms with Crippen molar-refractivity contribution in [2.45, 2.75) is 31.9 Å². The molecule has 4 rings (SSSR count). The van der Waals surface area contributed by atoms with Gasteiger partial charge in [-0.1, -0.05) is 42.5 Å². The third-order valence-corrected chi connectivity index (χ3v) is 6.02. The van der Waals surface area contributed by atoms with Crippen molar-refractivity contribution in [2.75, 3.05) is 13.1 Å². The summed E-state index contributed by atoms with van der Waals surface area (Å²) in [5.41, 5.74) is 2.53. The lowest BCUT2D eigenvalue weighted by atomic mass is 9.96. The minimum absolute atomic E-state index is 0.276. The van der Waals surface area contributed by atoms with Crippen molar-refractivity contribution in [3.8, 4) is 5.75 Å². The first-order valence-electron chi connectivity index (χ1n) is 9.41. The van der Waals surface area contributed by atoms with Gasteiger partial charge in [-0.25, -0.2) is 0 Å². The minimum Gasteiger partial charge on any atom is -0.508 e. The monoisotopic (exact) mass is 337 g/mol. The Hall–Kier alpha value is -1.84. The minimum atomic E-state index is -0.414. The molecule has 2 unspecified atom stereocenters. The zero-order valence-corrected chi connectivity index (χ0v) is 14.6. The number of phenolic OH excluding ortho intramolecular Hbond substituents is 1. The van der Waals surface area contributed by atoms with E-state index in [-0.39, 0.29) is 5.75 Å². The first-order valence-corrected chi connectivity index (χ1v) is 9.41. The smallest absolute Gasteiger partial charge is 0.115 e. The fraction of sp³-hybridized carbons (Fsp3) is 0.455. The zero-order chi connectivity index (χ0) is 17.2. The molecule has 2 aliphatic rings. The van der Waals surface area contributed by atoms with Gasteiger partial charge in [0.05, 0.1) is 0 Å². The number of phenols is 1. The van der Waals surface area contributed by atoms with E-state index in [1.54, 1.807) is 12.1 Å². The fourth-order valence-corrected chi connectivity index (χ4v) is 4.79. The third-order valence-electron chi connectivity index (χ3n) is 6.02. The molecule has 4 atom stereocenters. The summed E-state index contributed by atoms with van der Waals surface area (Å²) >= 11 is 0. The van der Waals surface area contributed by atoms with Gasteiger partial charge in [-0.3, -0.25) is 4.90 Å². The summed E-state index contributed by atoms with van der Waals surface area (Å²) in [5.74, 6) is 2.55. The molecule has 0 bridgehead atoms. The number of hydrogen-bond donors (Lipinski definition) is 2. The van der Waals surface area contributed by atoms with Crippen LogP contribution in [0.1, 0.15) is 24.0 Å². The number of aromatic hydroxyl groups is 1. The first-order chi connectivity index (χ1) is 12.2. The number of nitrogens with zero attached hydrogens (tertiary/aromatic N) is 1. The predicted octanol–water partition coefficient (Wildman–Crippen LogP) is 3.45. The van der Waals surface area contributed by atoms with Gasteiger partial charge in [-0.2, -0.15) is 0 Å². The highest BCUT2D eigenvalue weighted by atomic mass is 16.3. The van der Waals surface area contributed by atoms with Gasteiger partial charge in [0.1, 0.15) is 12.0 Å². The number of fused-ring (bicyclic) bond motifs is 1. The van der Waals surface area contributed by atoms with E-state index in [1.165, 1.54) is 24.8 Å². The average molecular weight is 337 g/mol. The van der Waals surface area contributed by atoms with Gasteiger partial charge in [0.25, 0.3) is 0 Å². The van der Waals surface area contributed by atoms with Gasteiger partial charge in [0, 0.05) is 19.5 Å². The Kier molecular flexibility index (Phi) is 4.78. The Morgan fingerprint density at radius 2 is 1.52 bits per heavy atom. The van der Waals surface area contributed by atoms with Gasteiger partial charge in [0.15, 0.2) is 0 Å². The average Bonchev–Trinajstić information content (AvgIpc) is 3.16. The van der Waals surface area contributed by atoms with Crippen LogP contribution in [0.4, 0.5) is 0 Å². The topological polar surface area (TPSA) is 43.7 Å². The number of likely N-dealkylation sites (tertiary alicyclic amines) is 1. The first kappa shape index (κ1) is 16.6. The van der Waals surface area contributed by atoms with Crippen molar-refractivity contribution in [3.05, 3.63) is 65.7 Å². The Bertz CT molecular complexity index is 671. The van der Waals surface area contributed by atoms with Crippen molar-refractivity contribution in [1.82, 2.24) is 4.90 Å². The summed E-state index contributed by atoms with van der Waals surface area (Å²) in [6.45, 7) is 2.05. The lowest BCUT2D eigenvalue weighted by Crippen LogP contribution is -2.35. The van der Waals surface area contributed by atoms with E-state index in [1.807, 2.05) is 12.1 Å². The normalized spacial score (nSPS) is 27.3. The third kappa shape index (κ3) is 3.88. The van der Waals surface area contributed by atoms with Crippen LogP contribution in [-0.4, -0.2) is 34.4 Å². The Labute approximate surface area is 149 Å². The Morgan fingerprint density at radius 1 is 0.880 bits per heavy atom. The van der Waals surface area contributed by atoms with Crippen LogP contribution in [0.2, 0.25) is 0 Å². The standard InChI is InChI=1S/C22H27NO2/c24-21-8-6-17(7-9-21)13-22(25)23-14-19-11-18(12-20(19)15-23)10-16-4-2-1-3-5-16/h1-9,18-20,22,24-25H,10-15H2/t18?,19-,20+,22?. The molecule has 2 N–H and O–H groups in total. The van der Waals surface area contributed by atoms with Crippen LogP contribution in [-0.2, 0) is 12.8 Å². The molecule has 132 valence electrons. The molecule has 1 aliphatic carbocycles. The fourth-order valence-electron chi connectivity index (χ4n) is 4.79. The van der Waals surface area contributed by atoms with Gasteiger partial charge in [0.2, 0.25) is 0 Å². The van der Waals surface area contributed by atoms with E-state index in [0.717, 1.165) is 36.4 Å². The molecule has 0 amide bonds. The summed E-state index contributed by atoms with van der Waals surface area (Å²) < 4.78 is 0. The Balaban J connectivity index is 1.29. The molecule has 1 saturated heterocycles. The number of rotatable bonds is 5. The molecule has 0 aromatic heterocycles. The van der Waals surface area contributed by atoms with Crippen LogP contribution in [0.3, 0.4) is 0 Å². The highest BCUT2D eigenvalue weighted by Crippen LogP contribution is 2.43. The summed E-state index contributed by atoms with van der Waals surface area (Å²) in [6, 6.07) is 18.0. The SMILES string of the molecule is Oc1ccc(CC(O)N2C[C@H]3CC(Cc4ccccc4)C[C@H]3C2)cc1. The molecule has 0 spiro atoms. The van der Waals surface area contributed by atoms with E-state index in [2.05, 4.69) is 35.2 Å². The van der Waals surface area contributed by atoms with Crippen molar-refractivity contribution in [3.63, 3.8) is 0 Å². The molecule has 2 aromatic carbocycles. The lowest BCUT2D eigenvalue weighted by Gasteiger charge is -2.25. The van der Waals surface area contributed by atoms with Crippen LogP contribution in [0.15, 0.2) is 54.6 Å². The second-order valence-corrected chi connectivity index (χ2v) is 7.85. The number of hydrogen-bond acceptors (Lipinski definition) is 3. The van der Waals surface area contributed by atoms with Crippen LogP contribution in [0.5, 0.6) is 5.75 Å². The van der Waals surface area contributed by atoms with Crippen LogP contribution in [0.25, 0.3) is 0 Å². The lowest BCUT2D eigenvalue weighted by molar-refractivity contribution is 0.0147. The van der Waals surface area contributed by atoms with Crippen LogP contribution in [0, 0.1) is 17.8 Å². The molecule has 3 heteroatoms. The molecular formula is C22H27NO2. The Morgan fingerprint density at radius 3 is 2.16 bits per heavy atom. The van der Waals surface area contributed by atoms with E-state index >= 15 is 0 Å². The molecular weight excluding hydrogens is 310 g/mol. The second-order valence-electron chi connectivity index (χ2n) is 7.85. The molecule has 25 heavy (non-hydrogen) atoms. The highest BCUT2D eigenvalue weighted by Gasteiger charge is 2.42. The maximum Gasteiger partial charge on any atom is 0.115 e. The largest absolute Gasteiger partial charge is 0.508 e. The van der Waals surface area contributed by atoms with Crippen LogP contribution < -0.4 is 0 Å². The van der Waals surface area contributed by atoms with Gasteiger partial charge < -0.3 is 10.2 Å². The van der Waals surface area contributed by atoms with E-state index in [9.17, 15) is 10.2 Å². The summed E-state index contributed by atoms with van der Waals surface area (Å²) in [6.07, 6.45) is 4.00. The van der Waals surface area contributed by atoms with E-state index in [4.69, 9.17) is 0 Å². The molecule has 2 aromatic rings. The zero-order valence-electron chi connectivity index (χ0n) is 14.6. The molecule has 1 heterocycles. The van der Waals surface area contributed by atoms with Gasteiger partial charge >= 0.3 is 0 Å². The van der Waals surface area contributed by atoms with Crippen molar-refractivity contribution in [2.24, 2.45) is 17.8 Å². The van der Waals surface area contributed by atoms with E-state index < -0.39 is 6.23 Å². The van der Waals surface area contributed by atoms with E-state index in [0.29, 0.717) is 6.42 Å². The molecule has 1 saturated carbocycles. The number of aliphatic hydroxyl groups is 1. The molecule has 0 radical (unpaired) electrons. The number of benzene rings is 2. The molecule has 3 nitrogen and oxygen atoms in total.